The molecule has 2 heterocycles. The SMILES string of the molecule is NC(=O)N/N=C/c1ccc(N2CCN(c3ncccn3)CC2)cc1. The number of amides is 2. The van der Waals surface area contributed by atoms with Crippen molar-refractivity contribution in [2.45, 2.75) is 0 Å². The lowest BCUT2D eigenvalue weighted by Crippen LogP contribution is -2.47. The van der Waals surface area contributed by atoms with E-state index < -0.39 is 6.03 Å². The van der Waals surface area contributed by atoms with Crippen molar-refractivity contribution in [2.75, 3.05) is 36.0 Å². The minimum Gasteiger partial charge on any atom is -0.368 e. The highest BCUT2D eigenvalue weighted by molar-refractivity contribution is 5.82. The van der Waals surface area contributed by atoms with E-state index in [9.17, 15) is 4.79 Å². The predicted molar refractivity (Wildman–Crippen MR) is 93.2 cm³/mol. The third-order valence-electron chi connectivity index (χ3n) is 3.76. The van der Waals surface area contributed by atoms with Crippen LogP contribution in [0, 0.1) is 0 Å². The monoisotopic (exact) mass is 325 g/mol. The van der Waals surface area contributed by atoms with E-state index >= 15 is 0 Å². The van der Waals surface area contributed by atoms with Crippen LogP contribution in [0.1, 0.15) is 5.56 Å². The van der Waals surface area contributed by atoms with Gasteiger partial charge in [-0.3, -0.25) is 0 Å². The summed E-state index contributed by atoms with van der Waals surface area (Å²) in [7, 11) is 0. The molecule has 0 bridgehead atoms. The van der Waals surface area contributed by atoms with Crippen LogP contribution in [0.4, 0.5) is 16.4 Å². The summed E-state index contributed by atoms with van der Waals surface area (Å²) in [5, 5.41) is 3.74. The molecule has 3 N–H and O–H groups in total. The average molecular weight is 325 g/mol. The Morgan fingerprint density at radius 2 is 1.71 bits per heavy atom. The van der Waals surface area contributed by atoms with E-state index in [1.165, 1.54) is 0 Å². The van der Waals surface area contributed by atoms with Crippen molar-refractivity contribution < 1.29 is 4.79 Å². The second-order valence-electron chi connectivity index (χ2n) is 5.35. The summed E-state index contributed by atoms with van der Waals surface area (Å²) in [4.78, 5) is 23.7. The summed E-state index contributed by atoms with van der Waals surface area (Å²) < 4.78 is 0. The summed E-state index contributed by atoms with van der Waals surface area (Å²) in [5.41, 5.74) is 9.17. The summed E-state index contributed by atoms with van der Waals surface area (Å²) in [6.45, 7) is 3.59. The Morgan fingerprint density at radius 1 is 1.08 bits per heavy atom. The van der Waals surface area contributed by atoms with Crippen molar-refractivity contribution in [3.05, 3.63) is 48.3 Å². The number of primary amides is 1. The number of aromatic nitrogens is 2. The Balaban J connectivity index is 1.56. The molecule has 0 aliphatic carbocycles. The van der Waals surface area contributed by atoms with Crippen molar-refractivity contribution in [3.63, 3.8) is 0 Å². The second-order valence-corrected chi connectivity index (χ2v) is 5.35. The first-order chi connectivity index (χ1) is 11.7. The molecule has 1 fully saturated rings. The van der Waals surface area contributed by atoms with Gasteiger partial charge in [0.15, 0.2) is 0 Å². The van der Waals surface area contributed by atoms with Crippen molar-refractivity contribution >= 4 is 23.9 Å². The number of rotatable bonds is 4. The van der Waals surface area contributed by atoms with E-state index in [1.54, 1.807) is 18.6 Å². The van der Waals surface area contributed by atoms with E-state index in [0.717, 1.165) is 43.4 Å². The maximum Gasteiger partial charge on any atom is 0.332 e. The van der Waals surface area contributed by atoms with E-state index in [1.807, 2.05) is 30.3 Å². The molecule has 124 valence electrons. The van der Waals surface area contributed by atoms with Gasteiger partial charge in [0.2, 0.25) is 5.95 Å². The van der Waals surface area contributed by atoms with Gasteiger partial charge in [0, 0.05) is 44.3 Å². The Hall–Kier alpha value is -3.16. The number of carbonyl (C=O) groups is 1. The van der Waals surface area contributed by atoms with Crippen molar-refractivity contribution in [3.8, 4) is 0 Å². The first-order valence-electron chi connectivity index (χ1n) is 7.68. The van der Waals surface area contributed by atoms with Gasteiger partial charge in [0.05, 0.1) is 6.21 Å². The predicted octanol–water partition coefficient (Wildman–Crippen LogP) is 0.805. The van der Waals surface area contributed by atoms with Gasteiger partial charge in [-0.1, -0.05) is 12.1 Å². The molecule has 8 heteroatoms. The molecule has 24 heavy (non-hydrogen) atoms. The van der Waals surface area contributed by atoms with Crippen molar-refractivity contribution in [2.24, 2.45) is 10.8 Å². The van der Waals surface area contributed by atoms with Crippen LogP contribution in [-0.4, -0.2) is 48.4 Å². The fourth-order valence-electron chi connectivity index (χ4n) is 2.56. The quantitative estimate of drug-likeness (QED) is 0.640. The molecule has 3 rings (SSSR count). The number of benzene rings is 1. The van der Waals surface area contributed by atoms with Gasteiger partial charge in [0.25, 0.3) is 0 Å². The molecule has 1 aromatic carbocycles. The van der Waals surface area contributed by atoms with Crippen LogP contribution in [0.5, 0.6) is 0 Å². The number of hydrogen-bond donors (Lipinski definition) is 2. The molecule has 1 aliphatic rings. The number of anilines is 2. The zero-order chi connectivity index (χ0) is 16.8. The molecule has 2 aromatic rings. The Labute approximate surface area is 140 Å². The summed E-state index contributed by atoms with van der Waals surface area (Å²) >= 11 is 0. The Kier molecular flexibility index (Phi) is 4.85. The van der Waals surface area contributed by atoms with Crippen LogP contribution in [0.2, 0.25) is 0 Å². The van der Waals surface area contributed by atoms with Crippen LogP contribution in [0.25, 0.3) is 0 Å². The molecule has 0 unspecified atom stereocenters. The minimum absolute atomic E-state index is 0.678. The van der Waals surface area contributed by atoms with Gasteiger partial charge in [-0.05, 0) is 23.8 Å². The molecular formula is C16H19N7O. The topological polar surface area (TPSA) is 99.7 Å². The minimum atomic E-state index is -0.678. The van der Waals surface area contributed by atoms with Gasteiger partial charge in [-0.2, -0.15) is 5.10 Å². The lowest BCUT2D eigenvalue weighted by Gasteiger charge is -2.36. The van der Waals surface area contributed by atoms with Gasteiger partial charge in [-0.25, -0.2) is 20.2 Å². The highest BCUT2D eigenvalue weighted by atomic mass is 16.2. The average Bonchev–Trinajstić information content (AvgIpc) is 2.63. The number of piperazine rings is 1. The molecule has 1 aromatic heterocycles. The zero-order valence-electron chi connectivity index (χ0n) is 13.2. The van der Waals surface area contributed by atoms with Crippen molar-refractivity contribution in [1.29, 1.82) is 0 Å². The van der Waals surface area contributed by atoms with E-state index in [-0.39, 0.29) is 0 Å². The lowest BCUT2D eigenvalue weighted by atomic mass is 10.2. The van der Waals surface area contributed by atoms with Gasteiger partial charge in [0.1, 0.15) is 0 Å². The molecular weight excluding hydrogens is 306 g/mol. The van der Waals surface area contributed by atoms with E-state index in [4.69, 9.17) is 5.73 Å². The van der Waals surface area contributed by atoms with Gasteiger partial charge < -0.3 is 15.5 Å². The van der Waals surface area contributed by atoms with E-state index in [2.05, 4.69) is 30.3 Å². The molecule has 0 saturated carbocycles. The maximum atomic E-state index is 10.6. The second kappa shape index (κ2) is 7.40. The zero-order valence-corrected chi connectivity index (χ0v) is 13.2. The first-order valence-corrected chi connectivity index (χ1v) is 7.68. The van der Waals surface area contributed by atoms with Crippen LogP contribution in [-0.2, 0) is 0 Å². The molecule has 0 radical (unpaired) electrons. The number of hydrazone groups is 1. The molecule has 1 aliphatic heterocycles. The number of nitrogens with zero attached hydrogens (tertiary/aromatic N) is 5. The number of nitrogens with two attached hydrogens (primary N) is 1. The Morgan fingerprint density at radius 3 is 2.33 bits per heavy atom. The summed E-state index contributed by atoms with van der Waals surface area (Å²) in [5.74, 6) is 0.783. The first kappa shape index (κ1) is 15.7. The summed E-state index contributed by atoms with van der Waals surface area (Å²) in [6.07, 6.45) is 5.09. The normalized spacial score (nSPS) is 14.8. The molecule has 1 saturated heterocycles. The number of urea groups is 1. The van der Waals surface area contributed by atoms with Gasteiger partial charge in [-0.15, -0.1) is 0 Å². The highest BCUT2D eigenvalue weighted by Gasteiger charge is 2.18. The van der Waals surface area contributed by atoms with Gasteiger partial charge >= 0.3 is 6.03 Å². The fourth-order valence-corrected chi connectivity index (χ4v) is 2.56. The number of carbonyl (C=O) groups excluding carboxylic acids is 1. The Bertz CT molecular complexity index is 694. The third-order valence-corrected chi connectivity index (χ3v) is 3.76. The number of hydrogen-bond acceptors (Lipinski definition) is 6. The molecule has 0 spiro atoms. The van der Waals surface area contributed by atoms with Crippen LogP contribution < -0.4 is 21.0 Å². The lowest BCUT2D eigenvalue weighted by molar-refractivity contribution is 0.249. The van der Waals surface area contributed by atoms with Crippen LogP contribution in [0.3, 0.4) is 0 Å². The third kappa shape index (κ3) is 3.97. The van der Waals surface area contributed by atoms with Crippen LogP contribution >= 0.6 is 0 Å². The standard InChI is InChI=1S/C16H19N7O/c17-15(24)21-20-12-13-2-4-14(5-3-13)22-8-10-23(11-9-22)16-18-6-1-7-19-16/h1-7,12H,8-11H2,(H3,17,21,24)/b20-12+. The largest absolute Gasteiger partial charge is 0.368 e. The summed E-state index contributed by atoms with van der Waals surface area (Å²) in [6, 6.07) is 9.13. The van der Waals surface area contributed by atoms with Crippen LogP contribution in [0.15, 0.2) is 47.8 Å². The number of nitrogens with one attached hydrogen (secondary N) is 1. The van der Waals surface area contributed by atoms with Crippen molar-refractivity contribution in [1.82, 2.24) is 15.4 Å². The smallest absolute Gasteiger partial charge is 0.332 e. The maximum absolute atomic E-state index is 10.6. The highest BCUT2D eigenvalue weighted by Crippen LogP contribution is 2.18. The van der Waals surface area contributed by atoms with E-state index in [0.29, 0.717) is 0 Å². The molecule has 8 nitrogen and oxygen atoms in total. The molecule has 0 atom stereocenters. The molecule has 2 amide bonds. The fraction of sp³-hybridized carbons (Fsp3) is 0.250.